The van der Waals surface area contributed by atoms with Gasteiger partial charge in [0.05, 0.1) is 0 Å². The van der Waals surface area contributed by atoms with Gasteiger partial charge in [-0.15, -0.1) is 0 Å². The summed E-state index contributed by atoms with van der Waals surface area (Å²) in [5, 5.41) is 6.07. The second-order valence-corrected chi connectivity index (χ2v) is 6.39. The zero-order valence-corrected chi connectivity index (χ0v) is 15.4. The summed E-state index contributed by atoms with van der Waals surface area (Å²) in [5.74, 6) is 0.131. The van der Waals surface area contributed by atoms with Crippen LogP contribution < -0.4 is 10.6 Å². The highest BCUT2D eigenvalue weighted by atomic mass is 16.1. The van der Waals surface area contributed by atoms with E-state index in [0.717, 1.165) is 22.5 Å². The lowest BCUT2D eigenvalue weighted by atomic mass is 10.1. The highest BCUT2D eigenvalue weighted by Gasteiger charge is 2.11. The number of carbonyl (C=O) groups excluding carboxylic acids is 1. The number of aromatic nitrogens is 2. The van der Waals surface area contributed by atoms with Crippen molar-refractivity contribution in [3.8, 4) is 0 Å². The smallest absolute Gasteiger partial charge is 0.274 e. The van der Waals surface area contributed by atoms with E-state index in [0.29, 0.717) is 11.6 Å². The topological polar surface area (TPSA) is 66.9 Å². The molecule has 132 valence electrons. The van der Waals surface area contributed by atoms with Crippen molar-refractivity contribution < 1.29 is 4.79 Å². The molecule has 2 N–H and O–H groups in total. The summed E-state index contributed by atoms with van der Waals surface area (Å²) in [7, 11) is 0. The van der Waals surface area contributed by atoms with Gasteiger partial charge in [-0.05, 0) is 74.2 Å². The Hall–Kier alpha value is -3.21. The molecule has 1 aromatic heterocycles. The summed E-state index contributed by atoms with van der Waals surface area (Å²) in [6.45, 7) is 8.11. The number of nitrogens with one attached hydrogen (secondary N) is 2. The van der Waals surface area contributed by atoms with E-state index in [9.17, 15) is 4.79 Å². The van der Waals surface area contributed by atoms with Crippen molar-refractivity contribution in [2.45, 2.75) is 27.7 Å². The maximum Gasteiger partial charge on any atom is 0.274 e. The van der Waals surface area contributed by atoms with Crippen molar-refractivity contribution in [3.05, 3.63) is 76.6 Å². The van der Waals surface area contributed by atoms with Gasteiger partial charge in [0.1, 0.15) is 5.69 Å². The van der Waals surface area contributed by atoms with Crippen LogP contribution in [0.25, 0.3) is 0 Å². The SMILES string of the molecule is Cc1ccc(Nc2nccc(C(=O)Nc3cccc(C)c3C)n2)cc1C. The van der Waals surface area contributed by atoms with Crippen LogP contribution in [0, 0.1) is 27.7 Å². The second-order valence-electron chi connectivity index (χ2n) is 6.39. The summed E-state index contributed by atoms with van der Waals surface area (Å²) >= 11 is 0. The number of aryl methyl sites for hydroxylation is 3. The average molecular weight is 346 g/mol. The zero-order valence-electron chi connectivity index (χ0n) is 15.4. The first kappa shape index (κ1) is 17.6. The Morgan fingerprint density at radius 3 is 2.50 bits per heavy atom. The molecule has 0 unspecified atom stereocenters. The van der Waals surface area contributed by atoms with E-state index in [1.807, 2.05) is 50.2 Å². The molecule has 0 aliphatic heterocycles. The fourth-order valence-electron chi connectivity index (χ4n) is 2.57. The Bertz CT molecular complexity index is 966. The maximum absolute atomic E-state index is 12.6. The van der Waals surface area contributed by atoms with Crippen LogP contribution in [0.3, 0.4) is 0 Å². The number of anilines is 3. The molecule has 0 aliphatic rings. The molecular formula is C21H22N4O. The predicted octanol–water partition coefficient (Wildman–Crippen LogP) is 4.71. The van der Waals surface area contributed by atoms with Crippen LogP contribution in [0.4, 0.5) is 17.3 Å². The minimum absolute atomic E-state index is 0.260. The fourth-order valence-corrected chi connectivity index (χ4v) is 2.57. The molecule has 2 aromatic carbocycles. The summed E-state index contributed by atoms with van der Waals surface area (Å²) in [5.41, 5.74) is 6.56. The maximum atomic E-state index is 12.6. The Labute approximate surface area is 153 Å². The Morgan fingerprint density at radius 2 is 1.73 bits per heavy atom. The molecule has 5 heteroatoms. The van der Waals surface area contributed by atoms with Crippen molar-refractivity contribution in [2.75, 3.05) is 10.6 Å². The predicted molar refractivity (Wildman–Crippen MR) is 105 cm³/mol. The molecule has 1 amide bonds. The van der Waals surface area contributed by atoms with Gasteiger partial charge in [-0.2, -0.15) is 0 Å². The largest absolute Gasteiger partial charge is 0.324 e. The lowest BCUT2D eigenvalue weighted by Crippen LogP contribution is -2.15. The molecule has 26 heavy (non-hydrogen) atoms. The molecule has 0 saturated heterocycles. The third-order valence-corrected chi connectivity index (χ3v) is 4.50. The van der Waals surface area contributed by atoms with Crippen molar-refractivity contribution >= 4 is 23.2 Å². The van der Waals surface area contributed by atoms with E-state index in [2.05, 4.69) is 34.4 Å². The van der Waals surface area contributed by atoms with E-state index < -0.39 is 0 Å². The molecular weight excluding hydrogens is 324 g/mol. The lowest BCUT2D eigenvalue weighted by molar-refractivity contribution is 0.102. The van der Waals surface area contributed by atoms with Gasteiger partial charge in [0.15, 0.2) is 0 Å². The molecule has 0 atom stereocenters. The van der Waals surface area contributed by atoms with Crippen LogP contribution in [0.5, 0.6) is 0 Å². The van der Waals surface area contributed by atoms with Crippen molar-refractivity contribution in [2.24, 2.45) is 0 Å². The van der Waals surface area contributed by atoms with Crippen molar-refractivity contribution in [1.82, 2.24) is 9.97 Å². The minimum Gasteiger partial charge on any atom is -0.324 e. The van der Waals surface area contributed by atoms with E-state index >= 15 is 0 Å². The van der Waals surface area contributed by atoms with E-state index in [1.54, 1.807) is 12.3 Å². The van der Waals surface area contributed by atoms with Gasteiger partial charge in [0.2, 0.25) is 5.95 Å². The normalized spacial score (nSPS) is 10.5. The van der Waals surface area contributed by atoms with Crippen LogP contribution in [0.2, 0.25) is 0 Å². The molecule has 0 aliphatic carbocycles. The van der Waals surface area contributed by atoms with Gasteiger partial charge in [-0.3, -0.25) is 4.79 Å². The first-order chi connectivity index (χ1) is 12.4. The van der Waals surface area contributed by atoms with E-state index in [4.69, 9.17) is 0 Å². The number of hydrogen-bond donors (Lipinski definition) is 2. The standard InChI is InChI=1S/C21H22N4O/c1-13-8-9-17(12-15(13)3)23-21-22-11-10-19(25-21)20(26)24-18-7-5-6-14(2)16(18)4/h5-12H,1-4H3,(H,24,26)(H,22,23,25). The molecule has 0 saturated carbocycles. The van der Waals surface area contributed by atoms with Crippen molar-refractivity contribution in [1.29, 1.82) is 0 Å². The quantitative estimate of drug-likeness (QED) is 0.718. The van der Waals surface area contributed by atoms with Gasteiger partial charge in [-0.25, -0.2) is 9.97 Å². The number of nitrogens with zero attached hydrogens (tertiary/aromatic N) is 2. The zero-order chi connectivity index (χ0) is 18.7. The Morgan fingerprint density at radius 1 is 0.923 bits per heavy atom. The molecule has 0 radical (unpaired) electrons. The van der Waals surface area contributed by atoms with Crippen LogP contribution >= 0.6 is 0 Å². The highest BCUT2D eigenvalue weighted by Crippen LogP contribution is 2.20. The lowest BCUT2D eigenvalue weighted by Gasteiger charge is -2.11. The van der Waals surface area contributed by atoms with Gasteiger partial charge in [0, 0.05) is 17.6 Å². The second kappa shape index (κ2) is 7.35. The van der Waals surface area contributed by atoms with E-state index in [-0.39, 0.29) is 5.91 Å². The van der Waals surface area contributed by atoms with Crippen LogP contribution in [-0.2, 0) is 0 Å². The number of amides is 1. The monoisotopic (exact) mass is 346 g/mol. The van der Waals surface area contributed by atoms with Gasteiger partial charge >= 0.3 is 0 Å². The number of benzene rings is 2. The van der Waals surface area contributed by atoms with Gasteiger partial charge in [0.25, 0.3) is 5.91 Å². The third-order valence-electron chi connectivity index (χ3n) is 4.50. The molecule has 0 bridgehead atoms. The highest BCUT2D eigenvalue weighted by molar-refractivity contribution is 6.03. The average Bonchev–Trinajstić information content (AvgIpc) is 2.62. The minimum atomic E-state index is -0.260. The first-order valence-electron chi connectivity index (χ1n) is 8.49. The molecule has 5 nitrogen and oxygen atoms in total. The summed E-state index contributed by atoms with van der Waals surface area (Å²) < 4.78 is 0. The summed E-state index contributed by atoms with van der Waals surface area (Å²) in [4.78, 5) is 21.1. The molecule has 3 rings (SSSR count). The number of rotatable bonds is 4. The van der Waals surface area contributed by atoms with Crippen LogP contribution in [-0.4, -0.2) is 15.9 Å². The summed E-state index contributed by atoms with van der Waals surface area (Å²) in [6.07, 6.45) is 1.58. The van der Waals surface area contributed by atoms with Gasteiger partial charge < -0.3 is 10.6 Å². The van der Waals surface area contributed by atoms with Gasteiger partial charge in [-0.1, -0.05) is 18.2 Å². The van der Waals surface area contributed by atoms with Crippen LogP contribution in [0.15, 0.2) is 48.7 Å². The molecule has 0 fully saturated rings. The van der Waals surface area contributed by atoms with Crippen molar-refractivity contribution in [3.63, 3.8) is 0 Å². The third kappa shape index (κ3) is 3.88. The summed E-state index contributed by atoms with van der Waals surface area (Å²) in [6, 6.07) is 13.5. The Kier molecular flexibility index (Phi) is 4.98. The van der Waals surface area contributed by atoms with Crippen LogP contribution in [0.1, 0.15) is 32.7 Å². The Balaban J connectivity index is 1.79. The molecule has 0 spiro atoms. The molecule has 1 heterocycles. The fraction of sp³-hybridized carbons (Fsp3) is 0.190. The number of hydrogen-bond acceptors (Lipinski definition) is 4. The number of carbonyl (C=O) groups is 1. The first-order valence-corrected chi connectivity index (χ1v) is 8.49. The van der Waals surface area contributed by atoms with E-state index in [1.165, 1.54) is 11.1 Å². The molecule has 3 aromatic rings.